The molecule has 2 aliphatic rings. The van der Waals surface area contributed by atoms with E-state index in [1.165, 1.54) is 0 Å². The van der Waals surface area contributed by atoms with Gasteiger partial charge in [0.2, 0.25) is 5.91 Å². The number of benzene rings is 1. The van der Waals surface area contributed by atoms with Gasteiger partial charge in [-0.3, -0.25) is 9.59 Å². The van der Waals surface area contributed by atoms with E-state index in [1.54, 1.807) is 6.07 Å². The van der Waals surface area contributed by atoms with Crippen LogP contribution in [0.1, 0.15) is 37.2 Å². The third kappa shape index (κ3) is 3.99. The first-order valence-corrected chi connectivity index (χ1v) is 8.66. The minimum Gasteiger partial charge on any atom is -0.481 e. The number of carboxylic acid groups (broad SMARTS) is 1. The van der Waals surface area contributed by atoms with E-state index in [1.807, 2.05) is 17.0 Å². The van der Waals surface area contributed by atoms with Crippen LogP contribution in [-0.4, -0.2) is 35.0 Å². The van der Waals surface area contributed by atoms with E-state index in [0.717, 1.165) is 24.8 Å². The van der Waals surface area contributed by atoms with Gasteiger partial charge in [-0.15, -0.1) is 0 Å². The Labute approximate surface area is 145 Å². The molecular weight excluding hydrogens is 337 g/mol. The Morgan fingerprint density at radius 3 is 2.30 bits per heavy atom. The molecule has 124 valence electrons. The Morgan fingerprint density at radius 1 is 1.13 bits per heavy atom. The van der Waals surface area contributed by atoms with Crippen LogP contribution in [0.25, 0.3) is 0 Å². The summed E-state index contributed by atoms with van der Waals surface area (Å²) >= 11 is 12.1. The molecule has 1 amide bonds. The molecule has 23 heavy (non-hydrogen) atoms. The van der Waals surface area contributed by atoms with E-state index in [2.05, 4.69) is 0 Å². The highest BCUT2D eigenvalue weighted by Gasteiger charge is 2.46. The van der Waals surface area contributed by atoms with Crippen LogP contribution in [-0.2, 0) is 9.59 Å². The number of piperidine rings is 1. The van der Waals surface area contributed by atoms with E-state index in [4.69, 9.17) is 28.3 Å². The molecule has 0 radical (unpaired) electrons. The minimum absolute atomic E-state index is 0.0144. The molecule has 2 atom stereocenters. The molecular formula is C17H19Cl2NO3. The number of hydrogen-bond donors (Lipinski definition) is 1. The number of carboxylic acids is 1. The average Bonchev–Trinajstić information content (AvgIpc) is 3.26. The second-order valence-electron chi connectivity index (χ2n) is 6.52. The van der Waals surface area contributed by atoms with E-state index in [9.17, 15) is 9.59 Å². The van der Waals surface area contributed by atoms with Gasteiger partial charge in [-0.2, -0.15) is 0 Å². The number of carbonyl (C=O) groups excluding carboxylic acids is 1. The van der Waals surface area contributed by atoms with Crippen LogP contribution >= 0.6 is 23.2 Å². The van der Waals surface area contributed by atoms with Crippen molar-refractivity contribution in [3.8, 4) is 0 Å². The number of rotatable bonds is 4. The molecule has 1 aromatic rings. The molecule has 2 fully saturated rings. The summed E-state index contributed by atoms with van der Waals surface area (Å²) in [5.41, 5.74) is 1.03. The summed E-state index contributed by atoms with van der Waals surface area (Å²) in [6.07, 6.45) is 2.59. The fraction of sp³-hybridized carbons (Fsp3) is 0.529. The molecule has 1 saturated carbocycles. The molecule has 3 rings (SSSR count). The first kappa shape index (κ1) is 16.6. The lowest BCUT2D eigenvalue weighted by Gasteiger charge is -2.31. The van der Waals surface area contributed by atoms with Crippen LogP contribution in [0.2, 0.25) is 10.0 Å². The van der Waals surface area contributed by atoms with Crippen molar-refractivity contribution >= 4 is 35.1 Å². The number of aliphatic carboxylic acids is 1. The topological polar surface area (TPSA) is 57.6 Å². The number of amides is 1. The highest BCUT2D eigenvalue weighted by molar-refractivity contribution is 6.34. The minimum atomic E-state index is -0.755. The highest BCUT2D eigenvalue weighted by atomic mass is 35.5. The van der Waals surface area contributed by atoms with E-state index < -0.39 is 5.97 Å². The zero-order valence-corrected chi connectivity index (χ0v) is 14.2. The van der Waals surface area contributed by atoms with Gasteiger partial charge in [0.25, 0.3) is 0 Å². The lowest BCUT2D eigenvalue weighted by Crippen LogP contribution is -2.40. The van der Waals surface area contributed by atoms with Gasteiger partial charge < -0.3 is 10.0 Å². The number of likely N-dealkylation sites (tertiary alicyclic amines) is 1. The summed E-state index contributed by atoms with van der Waals surface area (Å²) in [5.74, 6) is -0.163. The maximum atomic E-state index is 12.6. The summed E-state index contributed by atoms with van der Waals surface area (Å²) < 4.78 is 0. The number of hydrogen-bond acceptors (Lipinski definition) is 2. The predicted octanol–water partition coefficient (Wildman–Crippen LogP) is 3.81. The summed E-state index contributed by atoms with van der Waals surface area (Å²) in [6, 6.07) is 5.45. The van der Waals surface area contributed by atoms with Crippen LogP contribution in [0, 0.1) is 11.8 Å². The SMILES string of the molecule is O=C(O)CC1CCN(C(=O)C2CC2c2cc(Cl)cc(Cl)c2)CC1. The third-order valence-electron chi connectivity index (χ3n) is 4.81. The maximum absolute atomic E-state index is 12.6. The van der Waals surface area contributed by atoms with Crippen molar-refractivity contribution < 1.29 is 14.7 Å². The van der Waals surface area contributed by atoms with Crippen molar-refractivity contribution in [3.63, 3.8) is 0 Å². The molecule has 1 N–H and O–H groups in total. The molecule has 1 heterocycles. The van der Waals surface area contributed by atoms with Gasteiger partial charge in [-0.1, -0.05) is 23.2 Å². The zero-order valence-electron chi connectivity index (χ0n) is 12.7. The van der Waals surface area contributed by atoms with Crippen LogP contribution in [0.3, 0.4) is 0 Å². The number of halogens is 2. The Balaban J connectivity index is 1.55. The Morgan fingerprint density at radius 2 is 1.74 bits per heavy atom. The van der Waals surface area contributed by atoms with Crippen LogP contribution in [0.15, 0.2) is 18.2 Å². The average molecular weight is 356 g/mol. The molecule has 1 aromatic carbocycles. The van der Waals surface area contributed by atoms with Crippen molar-refractivity contribution in [2.24, 2.45) is 11.8 Å². The van der Waals surface area contributed by atoms with Crippen molar-refractivity contribution in [3.05, 3.63) is 33.8 Å². The first-order valence-electron chi connectivity index (χ1n) is 7.90. The number of carbonyl (C=O) groups is 2. The molecule has 0 spiro atoms. The molecule has 1 saturated heterocycles. The van der Waals surface area contributed by atoms with Crippen molar-refractivity contribution in [2.45, 2.75) is 31.6 Å². The lowest BCUT2D eigenvalue weighted by atomic mass is 9.93. The highest BCUT2D eigenvalue weighted by Crippen LogP contribution is 2.49. The zero-order chi connectivity index (χ0) is 16.6. The van der Waals surface area contributed by atoms with Gasteiger partial charge in [-0.25, -0.2) is 0 Å². The van der Waals surface area contributed by atoms with Gasteiger partial charge in [-0.05, 0) is 54.9 Å². The fourth-order valence-corrected chi connectivity index (χ4v) is 4.01. The maximum Gasteiger partial charge on any atom is 0.303 e. The molecule has 0 aromatic heterocycles. The first-order chi connectivity index (χ1) is 10.9. The van der Waals surface area contributed by atoms with Gasteiger partial charge in [0.15, 0.2) is 0 Å². The Bertz CT molecular complexity index is 606. The lowest BCUT2D eigenvalue weighted by molar-refractivity contribution is -0.138. The van der Waals surface area contributed by atoms with Gasteiger partial charge in [0.1, 0.15) is 0 Å². The molecule has 2 unspecified atom stereocenters. The van der Waals surface area contributed by atoms with Crippen LogP contribution in [0.4, 0.5) is 0 Å². The number of nitrogens with zero attached hydrogens (tertiary/aromatic N) is 1. The summed E-state index contributed by atoms with van der Waals surface area (Å²) in [4.78, 5) is 25.2. The molecule has 1 aliphatic heterocycles. The van der Waals surface area contributed by atoms with Crippen LogP contribution < -0.4 is 0 Å². The second-order valence-corrected chi connectivity index (χ2v) is 7.39. The third-order valence-corrected chi connectivity index (χ3v) is 5.25. The fourth-order valence-electron chi connectivity index (χ4n) is 3.46. The van der Waals surface area contributed by atoms with Crippen molar-refractivity contribution in [2.75, 3.05) is 13.1 Å². The normalized spacial score (nSPS) is 24.5. The smallest absolute Gasteiger partial charge is 0.303 e. The largest absolute Gasteiger partial charge is 0.481 e. The van der Waals surface area contributed by atoms with Crippen molar-refractivity contribution in [1.82, 2.24) is 4.90 Å². The summed E-state index contributed by atoms with van der Waals surface area (Å²) in [6.45, 7) is 1.33. The van der Waals surface area contributed by atoms with E-state index in [-0.39, 0.29) is 30.1 Å². The molecule has 6 heteroatoms. The van der Waals surface area contributed by atoms with Gasteiger partial charge >= 0.3 is 5.97 Å². The standard InChI is InChI=1S/C17H19Cl2NO3/c18-12-6-11(7-13(19)8-12)14-9-15(14)17(23)20-3-1-10(2-4-20)5-16(21)22/h6-8,10,14-15H,1-5,9H2,(H,21,22). The van der Waals surface area contributed by atoms with Crippen LogP contribution in [0.5, 0.6) is 0 Å². The van der Waals surface area contributed by atoms with Gasteiger partial charge in [0, 0.05) is 35.5 Å². The predicted molar refractivity (Wildman–Crippen MR) is 88.9 cm³/mol. The Hall–Kier alpha value is -1.26. The molecule has 4 nitrogen and oxygen atoms in total. The van der Waals surface area contributed by atoms with E-state index >= 15 is 0 Å². The van der Waals surface area contributed by atoms with E-state index in [0.29, 0.717) is 23.1 Å². The molecule has 1 aliphatic carbocycles. The Kier molecular flexibility index (Phi) is 4.83. The summed E-state index contributed by atoms with van der Waals surface area (Å²) in [7, 11) is 0. The summed E-state index contributed by atoms with van der Waals surface area (Å²) in [5, 5.41) is 10.0. The monoisotopic (exact) mass is 355 g/mol. The molecule has 0 bridgehead atoms. The second kappa shape index (κ2) is 6.70. The quantitative estimate of drug-likeness (QED) is 0.893. The van der Waals surface area contributed by atoms with Gasteiger partial charge in [0.05, 0.1) is 0 Å². The van der Waals surface area contributed by atoms with Crippen molar-refractivity contribution in [1.29, 1.82) is 0 Å².